The average Bonchev–Trinajstić information content (AvgIpc) is 2.72. The topological polar surface area (TPSA) is 41.9 Å². The van der Waals surface area contributed by atoms with Crippen LogP contribution in [0.2, 0.25) is 5.02 Å². The van der Waals surface area contributed by atoms with Gasteiger partial charge in [0.15, 0.2) is 6.04 Å². The summed E-state index contributed by atoms with van der Waals surface area (Å²) in [6, 6.07) is 6.61. The van der Waals surface area contributed by atoms with Crippen LogP contribution in [0.5, 0.6) is 0 Å². The van der Waals surface area contributed by atoms with Crippen LogP contribution in [0.1, 0.15) is 13.3 Å². The fourth-order valence-corrected chi connectivity index (χ4v) is 2.20. The lowest BCUT2D eigenvalue weighted by Gasteiger charge is -2.22. The quantitative estimate of drug-likeness (QED) is 0.802. The highest BCUT2D eigenvalue weighted by Crippen LogP contribution is 2.32. The molecule has 1 aromatic carbocycles. The molecule has 96 valence electrons. The molecule has 4 nitrogen and oxygen atoms in total. The second-order valence-corrected chi connectivity index (χ2v) is 4.59. The zero-order valence-corrected chi connectivity index (χ0v) is 11.3. The molecule has 0 saturated heterocycles. The smallest absolute Gasteiger partial charge is 0.331 e. The summed E-state index contributed by atoms with van der Waals surface area (Å²) in [6.45, 7) is 2.08. The van der Waals surface area contributed by atoms with Crippen molar-refractivity contribution >= 4 is 40.0 Å². The van der Waals surface area contributed by atoms with Crippen molar-refractivity contribution in [3.8, 4) is 0 Å². The maximum atomic E-state index is 11.8. The van der Waals surface area contributed by atoms with Crippen molar-refractivity contribution in [2.24, 2.45) is 5.10 Å². The molecule has 6 heteroatoms. The molecule has 0 fully saturated rings. The van der Waals surface area contributed by atoms with Crippen molar-refractivity contribution in [3.05, 3.63) is 29.3 Å². The van der Waals surface area contributed by atoms with Gasteiger partial charge in [0.05, 0.1) is 17.3 Å². The van der Waals surface area contributed by atoms with E-state index in [1.165, 1.54) is 5.01 Å². The van der Waals surface area contributed by atoms with Crippen molar-refractivity contribution in [1.29, 1.82) is 0 Å². The van der Waals surface area contributed by atoms with E-state index in [9.17, 15) is 4.79 Å². The first-order valence-corrected chi connectivity index (χ1v) is 6.32. The Morgan fingerprint density at radius 1 is 1.50 bits per heavy atom. The zero-order chi connectivity index (χ0) is 13.1. The molecular weight excluding hydrogens is 275 g/mol. The minimum atomic E-state index is -0.544. The molecule has 0 bridgehead atoms. The van der Waals surface area contributed by atoms with Crippen molar-refractivity contribution in [3.63, 3.8) is 0 Å². The van der Waals surface area contributed by atoms with Crippen molar-refractivity contribution in [1.82, 2.24) is 0 Å². The second-order valence-electron chi connectivity index (χ2n) is 3.74. The number of carbonyl (C=O) groups is 1. The minimum absolute atomic E-state index is 0.323. The van der Waals surface area contributed by atoms with Gasteiger partial charge in [-0.2, -0.15) is 5.10 Å². The number of nitrogens with zero attached hydrogens (tertiary/aromatic N) is 2. The Hall–Kier alpha value is -1.26. The summed E-state index contributed by atoms with van der Waals surface area (Å²) in [4.78, 5) is 11.8. The maximum Gasteiger partial charge on any atom is 0.331 e. The number of hydrogen-bond donors (Lipinski definition) is 0. The molecule has 0 aliphatic carbocycles. The highest BCUT2D eigenvalue weighted by molar-refractivity contribution is 6.66. The van der Waals surface area contributed by atoms with Gasteiger partial charge in [0.1, 0.15) is 5.17 Å². The third-order valence-corrected chi connectivity index (χ3v) is 3.08. The van der Waals surface area contributed by atoms with E-state index < -0.39 is 6.04 Å². The number of esters is 1. The van der Waals surface area contributed by atoms with E-state index in [2.05, 4.69) is 5.10 Å². The summed E-state index contributed by atoms with van der Waals surface area (Å²) < 4.78 is 5.01. The van der Waals surface area contributed by atoms with Gasteiger partial charge in [-0.1, -0.05) is 35.3 Å². The lowest BCUT2D eigenvalue weighted by Crippen LogP contribution is -2.36. The monoisotopic (exact) mass is 286 g/mol. The van der Waals surface area contributed by atoms with E-state index in [-0.39, 0.29) is 5.97 Å². The van der Waals surface area contributed by atoms with E-state index in [0.29, 0.717) is 28.9 Å². The molecule has 1 aliphatic rings. The number of halogens is 2. The van der Waals surface area contributed by atoms with E-state index in [1.807, 2.05) is 12.1 Å². The molecule has 18 heavy (non-hydrogen) atoms. The predicted molar refractivity (Wildman–Crippen MR) is 72.3 cm³/mol. The van der Waals surface area contributed by atoms with Gasteiger partial charge in [0.25, 0.3) is 0 Å². The summed E-state index contributed by atoms with van der Waals surface area (Å²) in [7, 11) is 0. The molecule has 1 heterocycles. The van der Waals surface area contributed by atoms with E-state index >= 15 is 0 Å². The van der Waals surface area contributed by atoms with E-state index in [1.54, 1.807) is 19.1 Å². The predicted octanol–water partition coefficient (Wildman–Crippen LogP) is 3.03. The second kappa shape index (κ2) is 5.59. The van der Waals surface area contributed by atoms with Crippen LogP contribution >= 0.6 is 23.2 Å². The van der Waals surface area contributed by atoms with Crippen LogP contribution in [0, 0.1) is 0 Å². The number of anilines is 1. The Balaban J connectivity index is 2.29. The number of carbonyl (C=O) groups excluding carboxylic acids is 1. The van der Waals surface area contributed by atoms with Crippen LogP contribution in [0.3, 0.4) is 0 Å². The Labute approximate surface area is 115 Å². The molecule has 0 radical (unpaired) electrons. The van der Waals surface area contributed by atoms with Gasteiger partial charge in [0, 0.05) is 6.42 Å². The van der Waals surface area contributed by atoms with E-state index in [4.69, 9.17) is 27.9 Å². The number of para-hydroxylation sites is 1. The molecule has 0 N–H and O–H groups in total. The first kappa shape index (κ1) is 13.2. The summed E-state index contributed by atoms with van der Waals surface area (Å²) in [5.41, 5.74) is 0.646. The van der Waals surface area contributed by atoms with Gasteiger partial charge in [-0.05, 0) is 19.1 Å². The van der Waals surface area contributed by atoms with Crippen LogP contribution in [0.25, 0.3) is 0 Å². The summed E-state index contributed by atoms with van der Waals surface area (Å²) >= 11 is 12.0. The summed E-state index contributed by atoms with van der Waals surface area (Å²) in [5.74, 6) is -0.350. The average molecular weight is 287 g/mol. The third kappa shape index (κ3) is 2.60. The molecule has 1 aliphatic heterocycles. The minimum Gasteiger partial charge on any atom is -0.464 e. The molecule has 1 unspecified atom stereocenters. The van der Waals surface area contributed by atoms with Crippen LogP contribution < -0.4 is 5.01 Å². The summed E-state index contributed by atoms with van der Waals surface area (Å²) in [5, 5.41) is 6.54. The number of rotatable bonds is 3. The molecular formula is C12H12Cl2N2O2. The largest absolute Gasteiger partial charge is 0.464 e. The van der Waals surface area contributed by atoms with Crippen LogP contribution in [-0.2, 0) is 9.53 Å². The van der Waals surface area contributed by atoms with Gasteiger partial charge in [-0.15, -0.1) is 0 Å². The van der Waals surface area contributed by atoms with Gasteiger partial charge in [0.2, 0.25) is 0 Å². The molecule has 1 atom stereocenters. The van der Waals surface area contributed by atoms with Gasteiger partial charge in [-0.25, -0.2) is 9.80 Å². The first-order valence-electron chi connectivity index (χ1n) is 5.57. The van der Waals surface area contributed by atoms with Gasteiger partial charge < -0.3 is 4.74 Å². The Morgan fingerprint density at radius 3 is 2.89 bits per heavy atom. The normalized spacial score (nSPS) is 18.7. The van der Waals surface area contributed by atoms with Crippen molar-refractivity contribution in [2.45, 2.75) is 19.4 Å². The fraction of sp³-hybridized carbons (Fsp3) is 0.333. The number of hydrogen-bond acceptors (Lipinski definition) is 4. The maximum absolute atomic E-state index is 11.8. The summed E-state index contributed by atoms with van der Waals surface area (Å²) in [6.07, 6.45) is 0.339. The fourth-order valence-electron chi connectivity index (χ4n) is 1.75. The lowest BCUT2D eigenvalue weighted by atomic mass is 10.2. The molecule has 0 saturated carbocycles. The van der Waals surface area contributed by atoms with Crippen molar-refractivity contribution < 1.29 is 9.53 Å². The highest BCUT2D eigenvalue weighted by atomic mass is 35.5. The van der Waals surface area contributed by atoms with Gasteiger partial charge >= 0.3 is 5.97 Å². The van der Waals surface area contributed by atoms with Crippen LogP contribution in [0.4, 0.5) is 5.69 Å². The SMILES string of the molecule is CCOC(=O)C1CC(Cl)=NN1c1ccccc1Cl. The highest BCUT2D eigenvalue weighted by Gasteiger charge is 2.34. The molecule has 0 amide bonds. The zero-order valence-electron chi connectivity index (χ0n) is 9.77. The Morgan fingerprint density at radius 2 is 2.22 bits per heavy atom. The molecule has 2 rings (SSSR count). The number of hydrazone groups is 1. The van der Waals surface area contributed by atoms with Crippen molar-refractivity contribution in [2.75, 3.05) is 11.6 Å². The Bertz CT molecular complexity index is 491. The van der Waals surface area contributed by atoms with E-state index in [0.717, 1.165) is 0 Å². The third-order valence-electron chi connectivity index (χ3n) is 2.53. The molecule has 0 aromatic heterocycles. The number of ether oxygens (including phenoxy) is 1. The number of benzene rings is 1. The molecule has 1 aromatic rings. The van der Waals surface area contributed by atoms with Gasteiger partial charge in [-0.3, -0.25) is 0 Å². The standard InChI is InChI=1S/C12H12Cl2N2O2/c1-2-18-12(17)10-7-11(14)15-16(10)9-6-4-3-5-8(9)13/h3-6,10H,2,7H2,1H3. The lowest BCUT2D eigenvalue weighted by molar-refractivity contribution is -0.144. The molecule has 0 spiro atoms. The Kier molecular flexibility index (Phi) is 4.09. The van der Waals surface area contributed by atoms with Crippen LogP contribution in [0.15, 0.2) is 29.4 Å². The first-order chi connectivity index (χ1) is 8.63. The van der Waals surface area contributed by atoms with Crippen LogP contribution in [-0.4, -0.2) is 23.8 Å².